The molecule has 1 fully saturated rings. The smallest absolute Gasteiger partial charge is 0.305 e. The van der Waals surface area contributed by atoms with Crippen molar-refractivity contribution in [2.24, 2.45) is 5.41 Å². The molecule has 0 aromatic carbocycles. The summed E-state index contributed by atoms with van der Waals surface area (Å²) in [4.78, 5) is 25.3. The van der Waals surface area contributed by atoms with Gasteiger partial charge in [0.1, 0.15) is 5.78 Å². The van der Waals surface area contributed by atoms with E-state index in [1.807, 2.05) is 14.0 Å². The average Bonchev–Trinajstić information content (AvgIpc) is 2.23. The van der Waals surface area contributed by atoms with Crippen molar-refractivity contribution in [1.82, 2.24) is 4.90 Å². The second kappa shape index (κ2) is 4.95. The van der Waals surface area contributed by atoms with E-state index in [-0.39, 0.29) is 11.8 Å². The van der Waals surface area contributed by atoms with E-state index in [1.54, 1.807) is 0 Å². The van der Waals surface area contributed by atoms with Gasteiger partial charge in [0.25, 0.3) is 0 Å². The molecule has 1 aliphatic heterocycles. The van der Waals surface area contributed by atoms with E-state index in [1.165, 1.54) is 7.11 Å². The van der Waals surface area contributed by atoms with Gasteiger partial charge >= 0.3 is 5.97 Å². The largest absolute Gasteiger partial charge is 0.469 e. The molecule has 1 saturated heterocycles. The molecule has 4 heteroatoms. The lowest BCUT2D eigenvalue weighted by Crippen LogP contribution is -2.50. The SMILES string of the molecule is COC(=O)CC[C@@]1(C)CN(C)[C@H](C)CC1=O. The standard InChI is InChI=1S/C12H21NO3/c1-9-7-10(14)12(2,8-13(9)3)6-5-11(15)16-4/h9H,5-8H2,1-4H3/t9-,12+/m1/s1. The lowest BCUT2D eigenvalue weighted by molar-refractivity contribution is -0.143. The first-order chi connectivity index (χ1) is 7.39. The van der Waals surface area contributed by atoms with Crippen molar-refractivity contribution in [3.8, 4) is 0 Å². The van der Waals surface area contributed by atoms with Crippen LogP contribution in [0.2, 0.25) is 0 Å². The zero-order chi connectivity index (χ0) is 12.3. The van der Waals surface area contributed by atoms with Gasteiger partial charge < -0.3 is 9.64 Å². The minimum Gasteiger partial charge on any atom is -0.469 e. The Morgan fingerprint density at radius 1 is 1.62 bits per heavy atom. The molecule has 0 aromatic heterocycles. The van der Waals surface area contributed by atoms with Gasteiger partial charge in [-0.15, -0.1) is 0 Å². The molecule has 0 radical (unpaired) electrons. The number of ketones is 1. The number of hydrogen-bond acceptors (Lipinski definition) is 4. The van der Waals surface area contributed by atoms with Gasteiger partial charge in [-0.05, 0) is 20.4 Å². The van der Waals surface area contributed by atoms with Gasteiger partial charge in [0.15, 0.2) is 0 Å². The van der Waals surface area contributed by atoms with Crippen LogP contribution < -0.4 is 0 Å². The first kappa shape index (κ1) is 13.2. The molecule has 0 aromatic rings. The van der Waals surface area contributed by atoms with E-state index in [2.05, 4.69) is 16.6 Å². The van der Waals surface area contributed by atoms with Crippen LogP contribution in [0, 0.1) is 5.41 Å². The molecule has 4 nitrogen and oxygen atoms in total. The molecule has 0 unspecified atom stereocenters. The van der Waals surface area contributed by atoms with Gasteiger partial charge in [0, 0.05) is 30.8 Å². The fourth-order valence-electron chi connectivity index (χ4n) is 2.16. The molecule has 0 N–H and O–H groups in total. The van der Waals surface area contributed by atoms with Crippen molar-refractivity contribution >= 4 is 11.8 Å². The third-order valence-electron chi connectivity index (χ3n) is 3.61. The van der Waals surface area contributed by atoms with E-state index < -0.39 is 5.41 Å². The summed E-state index contributed by atoms with van der Waals surface area (Å²) in [6.45, 7) is 4.72. The summed E-state index contributed by atoms with van der Waals surface area (Å²) < 4.78 is 4.61. The summed E-state index contributed by atoms with van der Waals surface area (Å²) in [6, 6.07) is 0.304. The summed E-state index contributed by atoms with van der Waals surface area (Å²) in [6.07, 6.45) is 1.48. The quantitative estimate of drug-likeness (QED) is 0.681. The van der Waals surface area contributed by atoms with Crippen LogP contribution in [-0.4, -0.2) is 43.4 Å². The van der Waals surface area contributed by atoms with Gasteiger partial charge in [0.2, 0.25) is 0 Å². The van der Waals surface area contributed by atoms with Crippen LogP contribution in [0.4, 0.5) is 0 Å². The number of carbonyl (C=O) groups is 2. The Labute approximate surface area is 96.9 Å². The van der Waals surface area contributed by atoms with Crippen molar-refractivity contribution in [3.63, 3.8) is 0 Å². The molecule has 1 heterocycles. The Balaban J connectivity index is 2.61. The number of likely N-dealkylation sites (tertiary alicyclic amines) is 1. The molecule has 2 atom stereocenters. The lowest BCUT2D eigenvalue weighted by atomic mass is 9.75. The van der Waals surface area contributed by atoms with Crippen LogP contribution in [0.15, 0.2) is 0 Å². The molecule has 0 spiro atoms. The Morgan fingerprint density at radius 3 is 2.81 bits per heavy atom. The van der Waals surface area contributed by atoms with Crippen molar-refractivity contribution in [1.29, 1.82) is 0 Å². The average molecular weight is 227 g/mol. The monoisotopic (exact) mass is 227 g/mol. The highest BCUT2D eigenvalue weighted by molar-refractivity contribution is 5.86. The van der Waals surface area contributed by atoms with E-state index in [0.29, 0.717) is 25.3 Å². The van der Waals surface area contributed by atoms with Crippen LogP contribution in [0.25, 0.3) is 0 Å². The Bertz CT molecular complexity index is 290. The van der Waals surface area contributed by atoms with Crippen molar-refractivity contribution in [3.05, 3.63) is 0 Å². The second-order valence-electron chi connectivity index (χ2n) is 5.03. The summed E-state index contributed by atoms with van der Waals surface area (Å²) in [5.74, 6) is 0.0253. The number of nitrogens with zero attached hydrogens (tertiary/aromatic N) is 1. The van der Waals surface area contributed by atoms with Crippen molar-refractivity contribution in [2.45, 2.75) is 39.2 Å². The number of rotatable bonds is 3. The van der Waals surface area contributed by atoms with E-state index >= 15 is 0 Å². The second-order valence-corrected chi connectivity index (χ2v) is 5.03. The summed E-state index contributed by atoms with van der Waals surface area (Å²) in [5.41, 5.74) is -0.393. The van der Waals surface area contributed by atoms with Crippen LogP contribution >= 0.6 is 0 Å². The van der Waals surface area contributed by atoms with Crippen LogP contribution in [-0.2, 0) is 14.3 Å². The molecule has 1 aliphatic rings. The summed E-state index contributed by atoms with van der Waals surface area (Å²) in [5, 5.41) is 0. The maximum absolute atomic E-state index is 12.0. The first-order valence-corrected chi connectivity index (χ1v) is 5.69. The highest BCUT2D eigenvalue weighted by Gasteiger charge is 2.40. The van der Waals surface area contributed by atoms with Crippen molar-refractivity contribution in [2.75, 3.05) is 20.7 Å². The topological polar surface area (TPSA) is 46.6 Å². The number of ether oxygens (including phenoxy) is 1. The lowest BCUT2D eigenvalue weighted by Gasteiger charge is -2.41. The number of methoxy groups -OCH3 is 1. The normalized spacial score (nSPS) is 31.5. The molecule has 0 bridgehead atoms. The number of hydrogen-bond donors (Lipinski definition) is 0. The van der Waals surface area contributed by atoms with E-state index in [9.17, 15) is 9.59 Å². The Kier molecular flexibility index (Phi) is 4.08. The molecule has 16 heavy (non-hydrogen) atoms. The molecule has 0 aliphatic carbocycles. The minimum absolute atomic E-state index is 0.240. The van der Waals surface area contributed by atoms with Gasteiger partial charge in [-0.1, -0.05) is 6.92 Å². The Hall–Kier alpha value is -0.900. The number of piperidine rings is 1. The molecular formula is C12H21NO3. The van der Waals surface area contributed by atoms with Crippen LogP contribution in [0.5, 0.6) is 0 Å². The summed E-state index contributed by atoms with van der Waals surface area (Å²) in [7, 11) is 3.40. The van der Waals surface area contributed by atoms with Gasteiger partial charge in [0.05, 0.1) is 7.11 Å². The summed E-state index contributed by atoms with van der Waals surface area (Å²) >= 11 is 0. The maximum Gasteiger partial charge on any atom is 0.305 e. The van der Waals surface area contributed by atoms with Gasteiger partial charge in [-0.3, -0.25) is 9.59 Å². The van der Waals surface area contributed by atoms with Crippen molar-refractivity contribution < 1.29 is 14.3 Å². The zero-order valence-electron chi connectivity index (χ0n) is 10.6. The fourth-order valence-corrected chi connectivity index (χ4v) is 2.16. The third kappa shape index (κ3) is 2.82. The number of Topliss-reactive ketones (excluding diaryl/α,β-unsaturated/α-hetero) is 1. The van der Waals surface area contributed by atoms with Gasteiger partial charge in [-0.2, -0.15) is 0 Å². The van der Waals surface area contributed by atoms with Gasteiger partial charge in [-0.25, -0.2) is 0 Å². The zero-order valence-corrected chi connectivity index (χ0v) is 10.6. The molecule has 1 rings (SSSR count). The predicted octanol–water partition coefficient (Wildman–Crippen LogP) is 1.24. The maximum atomic E-state index is 12.0. The first-order valence-electron chi connectivity index (χ1n) is 5.69. The number of esters is 1. The molecular weight excluding hydrogens is 206 g/mol. The highest BCUT2D eigenvalue weighted by Crippen LogP contribution is 2.32. The predicted molar refractivity (Wildman–Crippen MR) is 61.1 cm³/mol. The van der Waals surface area contributed by atoms with E-state index in [0.717, 1.165) is 6.54 Å². The van der Waals surface area contributed by atoms with E-state index in [4.69, 9.17) is 0 Å². The van der Waals surface area contributed by atoms with Crippen LogP contribution in [0.3, 0.4) is 0 Å². The fraction of sp³-hybridized carbons (Fsp3) is 0.833. The third-order valence-corrected chi connectivity index (χ3v) is 3.61. The minimum atomic E-state index is -0.393. The molecule has 92 valence electrons. The number of carbonyl (C=O) groups excluding carboxylic acids is 2. The molecule has 0 saturated carbocycles. The van der Waals surface area contributed by atoms with Crippen LogP contribution in [0.1, 0.15) is 33.1 Å². The Morgan fingerprint density at radius 2 is 2.25 bits per heavy atom. The highest BCUT2D eigenvalue weighted by atomic mass is 16.5. The molecule has 0 amide bonds.